The highest BCUT2D eigenvalue weighted by atomic mass is 35.5. The molecule has 0 saturated heterocycles. The van der Waals surface area contributed by atoms with Crippen LogP contribution in [0.4, 0.5) is 0 Å². The highest BCUT2D eigenvalue weighted by molar-refractivity contribution is 9.00. The van der Waals surface area contributed by atoms with Gasteiger partial charge in [-0.2, -0.15) is 0 Å². The molecular weight excluding hydrogens is 247 g/mol. The van der Waals surface area contributed by atoms with Crippen molar-refractivity contribution < 1.29 is 0 Å². The Morgan fingerprint density at radius 1 is 1.42 bits per heavy atom. The van der Waals surface area contributed by atoms with Gasteiger partial charge in [0.05, 0.1) is 9.65 Å². The Morgan fingerprint density at radius 2 is 1.92 bits per heavy atom. The molecular formula is C7H16ClPS3. The number of hydrogen-bond acceptors (Lipinski definition) is 3. The molecule has 0 rings (SSSR count). The fraction of sp³-hybridized carbons (Fsp3) is 1.00. The lowest BCUT2D eigenvalue weighted by Crippen LogP contribution is -2.06. The van der Waals surface area contributed by atoms with Crippen molar-refractivity contribution in [3.8, 4) is 0 Å². The molecule has 0 aromatic rings. The van der Waals surface area contributed by atoms with Gasteiger partial charge < -0.3 is 0 Å². The van der Waals surface area contributed by atoms with E-state index in [0.29, 0.717) is 5.21 Å². The molecule has 5 heteroatoms. The monoisotopic (exact) mass is 262 g/mol. The Kier molecular flexibility index (Phi) is 6.26. The zero-order valence-corrected chi connectivity index (χ0v) is 12.1. The predicted octanol–water partition coefficient (Wildman–Crippen LogP) is 4.78. The highest BCUT2D eigenvalue weighted by Gasteiger charge is 2.23. The van der Waals surface area contributed by atoms with Crippen LogP contribution in [0.2, 0.25) is 0 Å². The highest BCUT2D eigenvalue weighted by Crippen LogP contribution is 2.72. The van der Waals surface area contributed by atoms with Crippen molar-refractivity contribution in [3.63, 3.8) is 0 Å². The summed E-state index contributed by atoms with van der Waals surface area (Å²) in [7, 11) is 0. The van der Waals surface area contributed by atoms with Crippen LogP contribution >= 0.6 is 38.8 Å². The number of hydrogen-bond donors (Lipinski definition) is 0. The third kappa shape index (κ3) is 6.15. The first-order chi connectivity index (χ1) is 5.33. The number of halogens is 1. The fourth-order valence-corrected chi connectivity index (χ4v) is 14.1. The van der Waals surface area contributed by atoms with E-state index in [1.54, 1.807) is 11.4 Å². The van der Waals surface area contributed by atoms with Crippen molar-refractivity contribution in [2.24, 2.45) is 0 Å². The van der Waals surface area contributed by atoms with E-state index < -0.39 is 4.44 Å². The predicted molar refractivity (Wildman–Crippen MR) is 70.5 cm³/mol. The maximum absolute atomic E-state index is 5.70. The zero-order valence-electron chi connectivity index (χ0n) is 7.96. The summed E-state index contributed by atoms with van der Waals surface area (Å²) in [6, 6.07) is 0. The molecule has 0 bridgehead atoms. The first-order valence-electron chi connectivity index (χ1n) is 3.83. The van der Waals surface area contributed by atoms with Gasteiger partial charge in [0.1, 0.15) is 0 Å². The molecule has 74 valence electrons. The van der Waals surface area contributed by atoms with E-state index in [9.17, 15) is 0 Å². The van der Waals surface area contributed by atoms with Crippen molar-refractivity contribution in [2.75, 3.05) is 11.4 Å². The molecule has 1 atom stereocenters. The Morgan fingerprint density at radius 3 is 2.17 bits per heavy atom. The third-order valence-electron chi connectivity index (χ3n) is 1.05. The van der Waals surface area contributed by atoms with Crippen LogP contribution in [0, 0.1) is 0 Å². The molecule has 12 heavy (non-hydrogen) atoms. The topological polar surface area (TPSA) is 0 Å². The molecule has 0 heterocycles. The zero-order chi connectivity index (χ0) is 9.83. The summed E-state index contributed by atoms with van der Waals surface area (Å²) in [5.41, 5.74) is 0. The van der Waals surface area contributed by atoms with Gasteiger partial charge in [-0.05, 0) is 6.16 Å². The SMILES string of the molecule is CCP(=S)(SCCl)SC(C)(C)C. The fourth-order valence-electron chi connectivity index (χ4n) is 0.674. The van der Waals surface area contributed by atoms with Gasteiger partial charge in [0.2, 0.25) is 0 Å². The lowest BCUT2D eigenvalue weighted by Gasteiger charge is -2.26. The van der Waals surface area contributed by atoms with Crippen molar-refractivity contribution in [1.82, 2.24) is 0 Å². The molecule has 0 fully saturated rings. The largest absolute Gasteiger partial charge is 0.114 e. The summed E-state index contributed by atoms with van der Waals surface area (Å²) in [6.45, 7) is 8.80. The van der Waals surface area contributed by atoms with E-state index in [1.807, 2.05) is 11.4 Å². The van der Waals surface area contributed by atoms with Crippen LogP contribution in [0.5, 0.6) is 0 Å². The number of alkyl halides is 1. The minimum atomic E-state index is -1.29. The normalized spacial score (nSPS) is 17.4. The molecule has 0 aliphatic rings. The molecule has 0 nitrogen and oxygen atoms in total. The van der Waals surface area contributed by atoms with E-state index in [4.69, 9.17) is 23.4 Å². The van der Waals surface area contributed by atoms with Crippen LogP contribution in [0.15, 0.2) is 0 Å². The maximum atomic E-state index is 5.70. The van der Waals surface area contributed by atoms with E-state index in [2.05, 4.69) is 27.7 Å². The van der Waals surface area contributed by atoms with Crippen molar-refractivity contribution in [3.05, 3.63) is 0 Å². The minimum absolute atomic E-state index is 0.268. The summed E-state index contributed by atoms with van der Waals surface area (Å²) in [4.78, 5) is 0. The average Bonchev–Trinajstić information content (AvgIpc) is 1.84. The summed E-state index contributed by atoms with van der Waals surface area (Å²) in [5.74, 6) is 0. The van der Waals surface area contributed by atoms with E-state index >= 15 is 0 Å². The third-order valence-corrected chi connectivity index (χ3v) is 13.5. The first kappa shape index (κ1) is 13.6. The second kappa shape index (κ2) is 5.50. The molecule has 0 N–H and O–H groups in total. The molecule has 0 aromatic heterocycles. The lowest BCUT2D eigenvalue weighted by molar-refractivity contribution is 0.810. The van der Waals surface area contributed by atoms with Gasteiger partial charge in [-0.3, -0.25) is 0 Å². The van der Waals surface area contributed by atoms with Crippen LogP contribution in [-0.2, 0) is 11.8 Å². The van der Waals surface area contributed by atoms with E-state index in [1.165, 1.54) is 0 Å². The summed E-state index contributed by atoms with van der Waals surface area (Å²) >= 11 is 15.0. The molecule has 0 spiro atoms. The molecule has 0 aliphatic carbocycles. The lowest BCUT2D eigenvalue weighted by atomic mass is 10.3. The quantitative estimate of drug-likeness (QED) is 0.529. The van der Waals surface area contributed by atoms with Gasteiger partial charge in [0, 0.05) is 4.75 Å². The molecule has 1 unspecified atom stereocenters. The van der Waals surface area contributed by atoms with Crippen LogP contribution in [0.1, 0.15) is 27.7 Å². The van der Waals surface area contributed by atoms with Gasteiger partial charge in [-0.1, -0.05) is 50.9 Å². The maximum Gasteiger partial charge on any atom is 0.0736 e. The van der Waals surface area contributed by atoms with Crippen LogP contribution in [0.25, 0.3) is 0 Å². The summed E-state index contributed by atoms with van der Waals surface area (Å²) in [5, 5.41) is 0.633. The van der Waals surface area contributed by atoms with Gasteiger partial charge >= 0.3 is 0 Å². The Bertz CT molecular complexity index is 176. The first-order valence-corrected chi connectivity index (χ1v) is 10.4. The second-order valence-corrected chi connectivity index (χ2v) is 16.8. The minimum Gasteiger partial charge on any atom is -0.114 e. The molecule has 0 amide bonds. The van der Waals surface area contributed by atoms with Crippen LogP contribution in [-0.4, -0.2) is 16.1 Å². The van der Waals surface area contributed by atoms with Crippen LogP contribution in [0.3, 0.4) is 0 Å². The van der Waals surface area contributed by atoms with Crippen molar-refractivity contribution in [2.45, 2.75) is 32.4 Å². The van der Waals surface area contributed by atoms with Crippen LogP contribution < -0.4 is 0 Å². The smallest absolute Gasteiger partial charge is 0.0736 e. The molecule has 0 saturated carbocycles. The summed E-state index contributed by atoms with van der Waals surface area (Å²) in [6.07, 6.45) is 1.08. The number of rotatable bonds is 4. The van der Waals surface area contributed by atoms with E-state index in [0.717, 1.165) is 6.16 Å². The standard InChI is InChI=1S/C7H16ClPS3/c1-5-9(10,11-6-8)12-7(2,3)4/h5-6H2,1-4H3. The second-order valence-electron chi connectivity index (χ2n) is 3.37. The molecule has 0 aromatic carbocycles. The Balaban J connectivity index is 4.25. The van der Waals surface area contributed by atoms with Crippen molar-refractivity contribution >= 4 is 50.6 Å². The van der Waals surface area contributed by atoms with Gasteiger partial charge in [0.15, 0.2) is 0 Å². The van der Waals surface area contributed by atoms with E-state index in [-0.39, 0.29) is 4.75 Å². The van der Waals surface area contributed by atoms with Gasteiger partial charge in [0.25, 0.3) is 0 Å². The van der Waals surface area contributed by atoms with Gasteiger partial charge in [-0.25, -0.2) is 0 Å². The summed E-state index contributed by atoms with van der Waals surface area (Å²) < 4.78 is -1.02. The Hall–Kier alpha value is 1.64. The average molecular weight is 263 g/mol. The van der Waals surface area contributed by atoms with Gasteiger partial charge in [-0.15, -0.1) is 23.0 Å². The molecule has 0 aliphatic heterocycles. The Labute approximate surface area is 94.1 Å². The van der Waals surface area contributed by atoms with Crippen molar-refractivity contribution in [1.29, 1.82) is 0 Å². The molecule has 0 radical (unpaired) electrons.